The molecule has 0 saturated carbocycles. The van der Waals surface area contributed by atoms with Crippen LogP contribution < -0.4 is 10.6 Å². The Morgan fingerprint density at radius 3 is 2.30 bits per heavy atom. The molecular formula is C15H11Cl2F3N2O. The third kappa shape index (κ3) is 4.09. The SMILES string of the molecule is NC(=O)N(Cc1ccccc1Cl)c1ccc(Cl)c(C(F)(F)F)c1. The maximum atomic E-state index is 12.9. The molecule has 2 rings (SSSR count). The minimum Gasteiger partial charge on any atom is -0.351 e. The van der Waals surface area contributed by atoms with Crippen LogP contribution in [0.4, 0.5) is 23.7 Å². The van der Waals surface area contributed by atoms with E-state index in [-0.39, 0.29) is 12.2 Å². The number of nitrogens with zero attached hydrogens (tertiary/aromatic N) is 1. The highest BCUT2D eigenvalue weighted by molar-refractivity contribution is 6.31. The average molecular weight is 363 g/mol. The minimum absolute atomic E-state index is 0.0193. The Morgan fingerprint density at radius 2 is 1.74 bits per heavy atom. The van der Waals surface area contributed by atoms with Gasteiger partial charge in [0.2, 0.25) is 0 Å². The van der Waals surface area contributed by atoms with E-state index in [9.17, 15) is 18.0 Å². The van der Waals surface area contributed by atoms with E-state index in [2.05, 4.69) is 0 Å². The quantitative estimate of drug-likeness (QED) is 0.811. The van der Waals surface area contributed by atoms with Crippen molar-refractivity contribution in [2.45, 2.75) is 12.7 Å². The minimum atomic E-state index is -4.64. The van der Waals surface area contributed by atoms with E-state index in [1.807, 2.05) is 0 Å². The number of rotatable bonds is 3. The number of carbonyl (C=O) groups excluding carboxylic acids is 1. The molecular weight excluding hydrogens is 352 g/mol. The zero-order chi connectivity index (χ0) is 17.2. The molecule has 0 aliphatic heterocycles. The third-order valence-electron chi connectivity index (χ3n) is 3.12. The van der Waals surface area contributed by atoms with Crippen molar-refractivity contribution in [2.24, 2.45) is 5.73 Å². The highest BCUT2D eigenvalue weighted by Gasteiger charge is 2.34. The molecule has 0 bridgehead atoms. The number of benzene rings is 2. The Kier molecular flexibility index (Phi) is 5.06. The van der Waals surface area contributed by atoms with E-state index in [4.69, 9.17) is 28.9 Å². The van der Waals surface area contributed by atoms with Gasteiger partial charge in [0.05, 0.1) is 17.1 Å². The Bertz CT molecular complexity index is 735. The van der Waals surface area contributed by atoms with E-state index in [1.165, 1.54) is 6.07 Å². The van der Waals surface area contributed by atoms with Gasteiger partial charge in [0, 0.05) is 10.7 Å². The van der Waals surface area contributed by atoms with Gasteiger partial charge < -0.3 is 5.73 Å². The molecule has 8 heteroatoms. The van der Waals surface area contributed by atoms with Crippen LogP contribution in [-0.4, -0.2) is 6.03 Å². The average Bonchev–Trinajstić information content (AvgIpc) is 2.46. The summed E-state index contributed by atoms with van der Waals surface area (Å²) in [4.78, 5) is 12.6. The smallest absolute Gasteiger partial charge is 0.351 e. The fraction of sp³-hybridized carbons (Fsp3) is 0.133. The number of anilines is 1. The first-order valence-corrected chi connectivity index (χ1v) is 7.13. The normalized spacial score (nSPS) is 11.3. The van der Waals surface area contributed by atoms with Crippen LogP contribution in [0.3, 0.4) is 0 Å². The molecule has 2 N–H and O–H groups in total. The Labute approximate surface area is 140 Å². The van der Waals surface area contributed by atoms with Crippen LogP contribution in [0.15, 0.2) is 42.5 Å². The zero-order valence-electron chi connectivity index (χ0n) is 11.6. The number of amides is 2. The van der Waals surface area contributed by atoms with Crippen molar-refractivity contribution in [2.75, 3.05) is 4.90 Å². The van der Waals surface area contributed by atoms with Gasteiger partial charge in [-0.05, 0) is 29.8 Å². The lowest BCUT2D eigenvalue weighted by Crippen LogP contribution is -2.35. The zero-order valence-corrected chi connectivity index (χ0v) is 13.1. The van der Waals surface area contributed by atoms with E-state index < -0.39 is 22.8 Å². The van der Waals surface area contributed by atoms with Crippen molar-refractivity contribution < 1.29 is 18.0 Å². The lowest BCUT2D eigenvalue weighted by Gasteiger charge is -2.22. The summed E-state index contributed by atoms with van der Waals surface area (Å²) in [5, 5.41) is -0.0767. The molecule has 0 aliphatic carbocycles. The molecule has 0 spiro atoms. The molecule has 0 aliphatic rings. The van der Waals surface area contributed by atoms with Gasteiger partial charge in [-0.2, -0.15) is 13.2 Å². The number of nitrogens with two attached hydrogens (primary N) is 1. The molecule has 0 atom stereocenters. The van der Waals surface area contributed by atoms with Crippen LogP contribution in [-0.2, 0) is 12.7 Å². The summed E-state index contributed by atoms with van der Waals surface area (Å²) in [6.07, 6.45) is -4.64. The first-order chi connectivity index (χ1) is 10.7. The van der Waals surface area contributed by atoms with Crippen LogP contribution in [0.1, 0.15) is 11.1 Å². The van der Waals surface area contributed by atoms with Gasteiger partial charge >= 0.3 is 12.2 Å². The summed E-state index contributed by atoms with van der Waals surface area (Å²) < 4.78 is 38.8. The van der Waals surface area contributed by atoms with Crippen LogP contribution in [0.2, 0.25) is 10.0 Å². The second-order valence-corrected chi connectivity index (χ2v) is 5.49. The topological polar surface area (TPSA) is 46.3 Å². The number of hydrogen-bond donors (Lipinski definition) is 1. The molecule has 0 fully saturated rings. The lowest BCUT2D eigenvalue weighted by molar-refractivity contribution is -0.137. The molecule has 0 radical (unpaired) electrons. The van der Waals surface area contributed by atoms with E-state index in [0.29, 0.717) is 10.6 Å². The predicted molar refractivity (Wildman–Crippen MR) is 83.7 cm³/mol. The summed E-state index contributed by atoms with van der Waals surface area (Å²) in [7, 11) is 0. The van der Waals surface area contributed by atoms with Crippen molar-refractivity contribution in [3.05, 3.63) is 63.6 Å². The van der Waals surface area contributed by atoms with Gasteiger partial charge in [-0.1, -0.05) is 41.4 Å². The largest absolute Gasteiger partial charge is 0.417 e. The summed E-state index contributed by atoms with van der Waals surface area (Å²) >= 11 is 11.6. The van der Waals surface area contributed by atoms with Gasteiger partial charge in [-0.3, -0.25) is 4.90 Å². The molecule has 0 unspecified atom stereocenters. The van der Waals surface area contributed by atoms with Crippen molar-refractivity contribution in [3.8, 4) is 0 Å². The summed E-state index contributed by atoms with van der Waals surface area (Å²) in [5.74, 6) is 0. The molecule has 0 saturated heterocycles. The molecule has 2 amide bonds. The number of halogens is 5. The van der Waals surface area contributed by atoms with Crippen LogP contribution in [0.25, 0.3) is 0 Å². The third-order valence-corrected chi connectivity index (χ3v) is 3.82. The van der Waals surface area contributed by atoms with E-state index in [1.54, 1.807) is 24.3 Å². The maximum Gasteiger partial charge on any atom is 0.417 e. The van der Waals surface area contributed by atoms with Crippen molar-refractivity contribution in [3.63, 3.8) is 0 Å². The molecule has 122 valence electrons. The second-order valence-electron chi connectivity index (χ2n) is 4.68. The first-order valence-electron chi connectivity index (χ1n) is 6.37. The van der Waals surface area contributed by atoms with Gasteiger partial charge in [0.1, 0.15) is 0 Å². The van der Waals surface area contributed by atoms with Crippen LogP contribution in [0.5, 0.6) is 0 Å². The Morgan fingerprint density at radius 1 is 1.09 bits per heavy atom. The van der Waals surface area contributed by atoms with Crippen LogP contribution in [0, 0.1) is 0 Å². The highest BCUT2D eigenvalue weighted by Crippen LogP contribution is 2.37. The summed E-state index contributed by atoms with van der Waals surface area (Å²) in [6, 6.07) is 8.90. The van der Waals surface area contributed by atoms with Crippen LogP contribution >= 0.6 is 23.2 Å². The van der Waals surface area contributed by atoms with E-state index in [0.717, 1.165) is 17.0 Å². The number of primary amides is 1. The number of hydrogen-bond acceptors (Lipinski definition) is 1. The standard InChI is InChI=1S/C15H11Cl2F3N2O/c16-12-4-2-1-3-9(12)8-22(14(21)23)10-5-6-13(17)11(7-10)15(18,19)20/h1-7H,8H2,(H2,21,23). The molecule has 0 heterocycles. The number of alkyl halides is 3. The Hall–Kier alpha value is -1.92. The highest BCUT2D eigenvalue weighted by atomic mass is 35.5. The van der Waals surface area contributed by atoms with E-state index >= 15 is 0 Å². The molecule has 23 heavy (non-hydrogen) atoms. The van der Waals surface area contributed by atoms with Crippen molar-refractivity contribution in [1.82, 2.24) is 0 Å². The van der Waals surface area contributed by atoms with Gasteiger partial charge in [-0.15, -0.1) is 0 Å². The fourth-order valence-electron chi connectivity index (χ4n) is 1.99. The monoisotopic (exact) mass is 362 g/mol. The van der Waals surface area contributed by atoms with Gasteiger partial charge in [-0.25, -0.2) is 4.79 Å². The maximum absolute atomic E-state index is 12.9. The first kappa shape index (κ1) is 17.4. The molecule has 0 aromatic heterocycles. The molecule has 2 aromatic rings. The summed E-state index contributed by atoms with van der Waals surface area (Å²) in [5.41, 5.74) is 4.79. The van der Waals surface area contributed by atoms with Gasteiger partial charge in [0.15, 0.2) is 0 Å². The Balaban J connectivity index is 2.43. The van der Waals surface area contributed by atoms with Gasteiger partial charge in [0.25, 0.3) is 0 Å². The van der Waals surface area contributed by atoms with Crippen molar-refractivity contribution >= 4 is 34.9 Å². The second kappa shape index (κ2) is 6.68. The molecule has 3 nitrogen and oxygen atoms in total. The predicted octanol–water partition coefficient (Wildman–Crippen LogP) is 5.10. The number of urea groups is 1. The molecule has 2 aromatic carbocycles. The summed E-state index contributed by atoms with van der Waals surface area (Å²) in [6.45, 7) is -0.0616. The lowest BCUT2D eigenvalue weighted by atomic mass is 10.1. The number of carbonyl (C=O) groups is 1. The van der Waals surface area contributed by atoms with Crippen molar-refractivity contribution in [1.29, 1.82) is 0 Å². The fourth-order valence-corrected chi connectivity index (χ4v) is 2.41.